The van der Waals surface area contributed by atoms with E-state index in [4.69, 9.17) is 5.73 Å². The Hall–Kier alpha value is -1.32. The number of aliphatic imine (C=N–C) groups is 1. The summed E-state index contributed by atoms with van der Waals surface area (Å²) in [6, 6.07) is 0. The summed E-state index contributed by atoms with van der Waals surface area (Å²) >= 11 is 0. The molecule has 0 aromatic rings. The fourth-order valence-electron chi connectivity index (χ4n) is 1.69. The van der Waals surface area contributed by atoms with E-state index < -0.39 is 0 Å². The highest BCUT2D eigenvalue weighted by atomic mass is 16.1. The highest BCUT2D eigenvalue weighted by Gasteiger charge is 2.18. The lowest BCUT2D eigenvalue weighted by atomic mass is 10.1. The molecule has 1 rings (SSSR count). The summed E-state index contributed by atoms with van der Waals surface area (Å²) in [7, 11) is 0. The van der Waals surface area contributed by atoms with Gasteiger partial charge in [0.1, 0.15) is 0 Å². The van der Waals surface area contributed by atoms with Crippen molar-refractivity contribution in [2.45, 2.75) is 25.7 Å². The Morgan fingerprint density at radius 1 is 1.46 bits per heavy atom. The molecule has 0 saturated heterocycles. The molecule has 0 aromatic carbocycles. The Morgan fingerprint density at radius 2 is 2.15 bits per heavy atom. The van der Waals surface area contributed by atoms with Gasteiger partial charge in [-0.2, -0.15) is 0 Å². The van der Waals surface area contributed by atoms with E-state index in [1.54, 1.807) is 6.20 Å². The summed E-state index contributed by atoms with van der Waals surface area (Å²) in [4.78, 5) is 14.1. The fraction of sp³-hybridized carbons (Fsp3) is 0.556. The molecule has 1 aliphatic carbocycles. The molecular formula is C9H15N3O. The number of nitrogens with one attached hydrogen (secondary N) is 1. The van der Waals surface area contributed by atoms with Gasteiger partial charge >= 0.3 is 0 Å². The van der Waals surface area contributed by atoms with Gasteiger partial charge < -0.3 is 11.1 Å². The first-order valence-electron chi connectivity index (χ1n) is 4.52. The maximum Gasteiger partial charge on any atom is 0.211 e. The monoisotopic (exact) mass is 181 g/mol. The lowest BCUT2D eigenvalue weighted by Crippen LogP contribution is -2.16. The summed E-state index contributed by atoms with van der Waals surface area (Å²) in [5.41, 5.74) is 6.00. The summed E-state index contributed by atoms with van der Waals surface area (Å²) in [6.07, 6.45) is 8.27. The van der Waals surface area contributed by atoms with Gasteiger partial charge in [0.05, 0.1) is 6.34 Å². The van der Waals surface area contributed by atoms with E-state index in [0.29, 0.717) is 12.3 Å². The van der Waals surface area contributed by atoms with Crippen LogP contribution in [0.25, 0.3) is 0 Å². The van der Waals surface area contributed by atoms with Crippen molar-refractivity contribution < 1.29 is 4.79 Å². The molecule has 1 aliphatic rings. The first-order chi connectivity index (χ1) is 6.38. The molecule has 0 aliphatic heterocycles. The van der Waals surface area contributed by atoms with Gasteiger partial charge in [0.15, 0.2) is 0 Å². The van der Waals surface area contributed by atoms with E-state index in [0.717, 1.165) is 18.5 Å². The van der Waals surface area contributed by atoms with Crippen LogP contribution in [-0.2, 0) is 4.79 Å². The van der Waals surface area contributed by atoms with Crippen molar-refractivity contribution in [2.24, 2.45) is 16.6 Å². The standard InChI is InChI=1S/C9H15N3O/c10-6-11-5-9(12-7-13)8-3-1-2-4-8/h5-8H,1-4H2,(H2,10,11)(H,12,13)/b9-5+. The summed E-state index contributed by atoms with van der Waals surface area (Å²) in [5.74, 6) is 0.453. The number of nitrogens with two attached hydrogens (primary N) is 1. The normalized spacial score (nSPS) is 19.5. The topological polar surface area (TPSA) is 67.5 Å². The maximum atomic E-state index is 10.3. The third-order valence-corrected chi connectivity index (χ3v) is 2.32. The Bertz CT molecular complexity index is 217. The first-order valence-corrected chi connectivity index (χ1v) is 4.52. The van der Waals surface area contributed by atoms with Gasteiger partial charge in [-0.05, 0) is 12.8 Å². The van der Waals surface area contributed by atoms with Crippen molar-refractivity contribution in [3.63, 3.8) is 0 Å². The van der Waals surface area contributed by atoms with Crippen LogP contribution in [0.1, 0.15) is 25.7 Å². The molecule has 1 saturated carbocycles. The highest BCUT2D eigenvalue weighted by Crippen LogP contribution is 2.29. The Kier molecular flexibility index (Phi) is 4.02. The van der Waals surface area contributed by atoms with Crippen molar-refractivity contribution >= 4 is 12.7 Å². The third kappa shape index (κ3) is 2.89. The molecule has 4 heteroatoms. The van der Waals surface area contributed by atoms with Crippen LogP contribution in [0.15, 0.2) is 16.9 Å². The molecule has 0 spiro atoms. The zero-order valence-corrected chi connectivity index (χ0v) is 7.57. The SMILES string of the molecule is NC=N/C=C(/NC=O)C1CCCC1. The van der Waals surface area contributed by atoms with Crippen LogP contribution >= 0.6 is 0 Å². The van der Waals surface area contributed by atoms with E-state index in [9.17, 15) is 4.79 Å². The van der Waals surface area contributed by atoms with Crippen LogP contribution in [0.2, 0.25) is 0 Å². The van der Waals surface area contributed by atoms with Gasteiger partial charge in [0, 0.05) is 17.8 Å². The molecule has 0 aromatic heterocycles. The smallest absolute Gasteiger partial charge is 0.211 e. The molecule has 0 radical (unpaired) electrons. The van der Waals surface area contributed by atoms with Crippen molar-refractivity contribution in [2.75, 3.05) is 0 Å². The number of hydrogen-bond donors (Lipinski definition) is 2. The zero-order chi connectivity index (χ0) is 9.52. The van der Waals surface area contributed by atoms with Crippen LogP contribution < -0.4 is 11.1 Å². The largest absolute Gasteiger partial charge is 0.390 e. The van der Waals surface area contributed by atoms with Crippen molar-refractivity contribution in [3.8, 4) is 0 Å². The average Bonchev–Trinajstić information content (AvgIpc) is 2.65. The molecule has 72 valence electrons. The van der Waals surface area contributed by atoms with Gasteiger partial charge in [-0.1, -0.05) is 12.8 Å². The van der Waals surface area contributed by atoms with E-state index in [1.807, 2.05) is 0 Å². The van der Waals surface area contributed by atoms with E-state index >= 15 is 0 Å². The summed E-state index contributed by atoms with van der Waals surface area (Å²) in [5, 5.41) is 2.67. The Labute approximate surface area is 77.9 Å². The predicted octanol–water partition coefficient (Wildman–Crippen LogP) is 0.751. The van der Waals surface area contributed by atoms with Gasteiger partial charge in [0.2, 0.25) is 6.41 Å². The van der Waals surface area contributed by atoms with Gasteiger partial charge in [0.25, 0.3) is 0 Å². The summed E-state index contributed by atoms with van der Waals surface area (Å²) < 4.78 is 0. The number of nitrogens with zero attached hydrogens (tertiary/aromatic N) is 1. The molecule has 0 bridgehead atoms. The van der Waals surface area contributed by atoms with Crippen LogP contribution in [0, 0.1) is 5.92 Å². The average molecular weight is 181 g/mol. The molecule has 3 N–H and O–H groups in total. The number of carbonyl (C=O) groups is 1. The number of amides is 1. The minimum Gasteiger partial charge on any atom is -0.390 e. The van der Waals surface area contributed by atoms with E-state index in [1.165, 1.54) is 19.2 Å². The molecular weight excluding hydrogens is 166 g/mol. The minimum absolute atomic E-state index is 0.453. The minimum atomic E-state index is 0.453. The van der Waals surface area contributed by atoms with Crippen molar-refractivity contribution in [1.29, 1.82) is 0 Å². The molecule has 1 amide bonds. The Balaban J connectivity index is 2.59. The van der Waals surface area contributed by atoms with Gasteiger partial charge in [-0.3, -0.25) is 4.79 Å². The highest BCUT2D eigenvalue weighted by molar-refractivity contribution is 5.54. The second-order valence-electron chi connectivity index (χ2n) is 3.13. The quantitative estimate of drug-likeness (QED) is 0.382. The lowest BCUT2D eigenvalue weighted by Gasteiger charge is -2.11. The van der Waals surface area contributed by atoms with Crippen LogP contribution in [-0.4, -0.2) is 12.7 Å². The van der Waals surface area contributed by atoms with Crippen LogP contribution in [0.5, 0.6) is 0 Å². The molecule has 0 atom stereocenters. The van der Waals surface area contributed by atoms with Gasteiger partial charge in [-0.15, -0.1) is 0 Å². The second-order valence-corrected chi connectivity index (χ2v) is 3.13. The second kappa shape index (κ2) is 5.35. The number of carbonyl (C=O) groups excluding carboxylic acids is 1. The molecule has 1 fully saturated rings. The zero-order valence-electron chi connectivity index (χ0n) is 7.57. The molecule has 0 unspecified atom stereocenters. The first kappa shape index (κ1) is 9.77. The maximum absolute atomic E-state index is 10.3. The number of rotatable bonds is 4. The number of allylic oxidation sites excluding steroid dienone is 1. The molecule has 0 heterocycles. The Morgan fingerprint density at radius 3 is 2.69 bits per heavy atom. The number of hydrogen-bond acceptors (Lipinski definition) is 2. The van der Waals surface area contributed by atoms with Crippen LogP contribution in [0.4, 0.5) is 0 Å². The lowest BCUT2D eigenvalue weighted by molar-refractivity contribution is -0.109. The van der Waals surface area contributed by atoms with E-state index in [-0.39, 0.29) is 0 Å². The third-order valence-electron chi connectivity index (χ3n) is 2.32. The molecule has 4 nitrogen and oxygen atoms in total. The fourth-order valence-corrected chi connectivity index (χ4v) is 1.69. The van der Waals surface area contributed by atoms with Gasteiger partial charge in [-0.25, -0.2) is 4.99 Å². The van der Waals surface area contributed by atoms with E-state index in [2.05, 4.69) is 10.3 Å². The van der Waals surface area contributed by atoms with Crippen molar-refractivity contribution in [3.05, 3.63) is 11.9 Å². The van der Waals surface area contributed by atoms with Crippen LogP contribution in [0.3, 0.4) is 0 Å². The van der Waals surface area contributed by atoms with Crippen molar-refractivity contribution in [1.82, 2.24) is 5.32 Å². The summed E-state index contributed by atoms with van der Waals surface area (Å²) in [6.45, 7) is 0. The predicted molar refractivity (Wildman–Crippen MR) is 51.9 cm³/mol. The molecule has 13 heavy (non-hydrogen) atoms.